The van der Waals surface area contributed by atoms with Gasteiger partial charge < -0.3 is 14.4 Å². The molecular formula is C12H13IN2O2. The van der Waals surface area contributed by atoms with E-state index in [1.165, 1.54) is 0 Å². The second-order valence-electron chi connectivity index (χ2n) is 3.68. The number of rotatable bonds is 5. The summed E-state index contributed by atoms with van der Waals surface area (Å²) < 4.78 is 8.47. The number of aromatic nitrogens is 2. The topological polar surface area (TPSA) is 47.3 Å². The number of imidazole rings is 1. The Morgan fingerprint density at radius 3 is 2.76 bits per heavy atom. The fourth-order valence-electron chi connectivity index (χ4n) is 1.41. The van der Waals surface area contributed by atoms with Gasteiger partial charge in [0, 0.05) is 16.0 Å². The Hall–Kier alpha value is -1.08. The van der Waals surface area contributed by atoms with Crippen LogP contribution in [-0.4, -0.2) is 27.4 Å². The molecule has 1 aromatic heterocycles. The summed E-state index contributed by atoms with van der Waals surface area (Å²) in [5.41, 5.74) is 0. The Labute approximate surface area is 113 Å². The smallest absolute Gasteiger partial charge is 0.119 e. The van der Waals surface area contributed by atoms with Crippen molar-refractivity contribution in [3.8, 4) is 5.75 Å². The van der Waals surface area contributed by atoms with Gasteiger partial charge in [0.1, 0.15) is 18.5 Å². The summed E-state index contributed by atoms with van der Waals surface area (Å²) in [4.78, 5) is 3.91. The zero-order chi connectivity index (χ0) is 12.1. The number of aliphatic hydroxyl groups excluding tert-OH is 1. The van der Waals surface area contributed by atoms with Gasteiger partial charge in [-0.15, -0.1) is 0 Å². The first-order chi connectivity index (χ1) is 8.24. The predicted octanol–water partition coefficient (Wildman–Crippen LogP) is 1.93. The molecule has 0 radical (unpaired) electrons. The van der Waals surface area contributed by atoms with E-state index in [1.54, 1.807) is 12.5 Å². The van der Waals surface area contributed by atoms with Gasteiger partial charge in [0.05, 0.1) is 12.9 Å². The van der Waals surface area contributed by atoms with Gasteiger partial charge in [-0.05, 0) is 46.9 Å². The van der Waals surface area contributed by atoms with Gasteiger partial charge in [-0.1, -0.05) is 0 Å². The normalized spacial score (nSPS) is 12.4. The molecule has 2 aromatic rings. The van der Waals surface area contributed by atoms with Gasteiger partial charge in [-0.25, -0.2) is 4.98 Å². The Bertz CT molecular complexity index is 442. The van der Waals surface area contributed by atoms with Crippen LogP contribution >= 0.6 is 22.6 Å². The zero-order valence-corrected chi connectivity index (χ0v) is 11.3. The standard InChI is InChI=1S/C12H13IN2O2/c13-10-1-3-12(4-2-10)17-8-11(16)7-15-6-5-14-9-15/h1-6,9,11,16H,7-8H2. The predicted molar refractivity (Wildman–Crippen MR) is 72.9 cm³/mol. The maximum absolute atomic E-state index is 9.76. The van der Waals surface area contributed by atoms with Crippen molar-refractivity contribution in [3.63, 3.8) is 0 Å². The van der Waals surface area contributed by atoms with Crippen LogP contribution in [0.15, 0.2) is 43.0 Å². The lowest BCUT2D eigenvalue weighted by atomic mass is 10.3. The Balaban J connectivity index is 1.79. The summed E-state index contributed by atoms with van der Waals surface area (Å²) in [5, 5.41) is 9.76. The van der Waals surface area contributed by atoms with Crippen molar-refractivity contribution in [1.29, 1.82) is 0 Å². The van der Waals surface area contributed by atoms with E-state index in [1.807, 2.05) is 35.0 Å². The quantitative estimate of drug-likeness (QED) is 0.844. The third-order valence-electron chi connectivity index (χ3n) is 2.24. The van der Waals surface area contributed by atoms with Crippen LogP contribution < -0.4 is 4.74 Å². The third kappa shape index (κ3) is 4.01. The van der Waals surface area contributed by atoms with E-state index >= 15 is 0 Å². The second kappa shape index (κ2) is 6.02. The minimum atomic E-state index is -0.538. The molecule has 17 heavy (non-hydrogen) atoms. The second-order valence-corrected chi connectivity index (χ2v) is 4.92. The van der Waals surface area contributed by atoms with Gasteiger partial charge in [0.15, 0.2) is 0 Å². The van der Waals surface area contributed by atoms with Crippen molar-refractivity contribution in [2.45, 2.75) is 12.6 Å². The summed E-state index contributed by atoms with van der Waals surface area (Å²) in [6.45, 7) is 0.767. The number of nitrogens with zero attached hydrogens (tertiary/aromatic N) is 2. The maximum atomic E-state index is 9.76. The highest BCUT2D eigenvalue weighted by molar-refractivity contribution is 14.1. The van der Waals surface area contributed by atoms with Crippen molar-refractivity contribution in [1.82, 2.24) is 9.55 Å². The average molecular weight is 344 g/mol. The zero-order valence-electron chi connectivity index (χ0n) is 9.16. The molecule has 0 amide bonds. The molecule has 1 aromatic carbocycles. The summed E-state index contributed by atoms with van der Waals surface area (Å²) >= 11 is 2.24. The molecular weight excluding hydrogens is 331 g/mol. The van der Waals surface area contributed by atoms with Crippen LogP contribution in [0.4, 0.5) is 0 Å². The molecule has 0 aliphatic heterocycles. The molecule has 4 nitrogen and oxygen atoms in total. The van der Waals surface area contributed by atoms with E-state index in [0.29, 0.717) is 6.54 Å². The first-order valence-electron chi connectivity index (χ1n) is 5.26. The number of aliphatic hydroxyl groups is 1. The lowest BCUT2D eigenvalue weighted by Crippen LogP contribution is -2.22. The van der Waals surface area contributed by atoms with Gasteiger partial charge in [-0.2, -0.15) is 0 Å². The summed E-state index contributed by atoms with van der Waals surface area (Å²) in [7, 11) is 0. The van der Waals surface area contributed by atoms with Crippen molar-refractivity contribution >= 4 is 22.6 Å². The van der Waals surface area contributed by atoms with E-state index in [4.69, 9.17) is 4.74 Å². The first-order valence-corrected chi connectivity index (χ1v) is 6.34. The molecule has 0 bridgehead atoms. The summed E-state index contributed by atoms with van der Waals surface area (Å²) in [6, 6.07) is 7.73. The van der Waals surface area contributed by atoms with Crippen LogP contribution in [0.2, 0.25) is 0 Å². The molecule has 0 aliphatic carbocycles. The van der Waals surface area contributed by atoms with Crippen LogP contribution in [0, 0.1) is 3.57 Å². The number of benzene rings is 1. The Morgan fingerprint density at radius 2 is 2.12 bits per heavy atom. The molecule has 90 valence electrons. The molecule has 0 aliphatic rings. The van der Waals surface area contributed by atoms with Gasteiger partial charge in [0.2, 0.25) is 0 Å². The SMILES string of the molecule is OC(COc1ccc(I)cc1)Cn1ccnc1. The molecule has 1 N–H and O–H groups in total. The fourth-order valence-corrected chi connectivity index (χ4v) is 1.77. The van der Waals surface area contributed by atoms with Crippen molar-refractivity contribution in [3.05, 3.63) is 46.6 Å². The number of ether oxygens (including phenoxy) is 1. The molecule has 0 saturated heterocycles. The lowest BCUT2D eigenvalue weighted by molar-refractivity contribution is 0.0924. The van der Waals surface area contributed by atoms with Crippen LogP contribution in [0.3, 0.4) is 0 Å². The minimum absolute atomic E-state index is 0.277. The Morgan fingerprint density at radius 1 is 1.35 bits per heavy atom. The number of hydrogen-bond acceptors (Lipinski definition) is 3. The number of hydrogen-bond donors (Lipinski definition) is 1. The summed E-state index contributed by atoms with van der Waals surface area (Å²) in [5.74, 6) is 0.773. The number of halogens is 1. The van der Waals surface area contributed by atoms with Crippen LogP contribution in [-0.2, 0) is 6.54 Å². The van der Waals surface area contributed by atoms with Crippen LogP contribution in [0.1, 0.15) is 0 Å². The van der Waals surface area contributed by atoms with Gasteiger partial charge in [-0.3, -0.25) is 0 Å². The molecule has 1 unspecified atom stereocenters. The Kier molecular flexibility index (Phi) is 4.38. The van der Waals surface area contributed by atoms with Crippen LogP contribution in [0.5, 0.6) is 5.75 Å². The van der Waals surface area contributed by atoms with E-state index < -0.39 is 6.10 Å². The van der Waals surface area contributed by atoms with Gasteiger partial charge in [0.25, 0.3) is 0 Å². The minimum Gasteiger partial charge on any atom is -0.491 e. The molecule has 0 spiro atoms. The highest BCUT2D eigenvalue weighted by Gasteiger charge is 2.05. The van der Waals surface area contributed by atoms with E-state index in [-0.39, 0.29) is 6.61 Å². The molecule has 1 heterocycles. The van der Waals surface area contributed by atoms with E-state index in [9.17, 15) is 5.11 Å². The third-order valence-corrected chi connectivity index (χ3v) is 2.96. The molecule has 0 saturated carbocycles. The molecule has 2 rings (SSSR count). The van der Waals surface area contributed by atoms with Crippen molar-refractivity contribution in [2.75, 3.05) is 6.61 Å². The first kappa shape index (κ1) is 12.4. The molecule has 1 atom stereocenters. The monoisotopic (exact) mass is 344 g/mol. The fraction of sp³-hybridized carbons (Fsp3) is 0.250. The largest absolute Gasteiger partial charge is 0.491 e. The highest BCUT2D eigenvalue weighted by atomic mass is 127. The van der Waals surface area contributed by atoms with E-state index in [0.717, 1.165) is 9.32 Å². The molecule has 5 heteroatoms. The van der Waals surface area contributed by atoms with Crippen LogP contribution in [0.25, 0.3) is 0 Å². The van der Waals surface area contributed by atoms with Gasteiger partial charge >= 0.3 is 0 Å². The summed E-state index contributed by atoms with van der Waals surface area (Å²) in [6.07, 6.45) is 4.64. The maximum Gasteiger partial charge on any atom is 0.119 e. The molecule has 0 fully saturated rings. The van der Waals surface area contributed by atoms with E-state index in [2.05, 4.69) is 27.6 Å². The lowest BCUT2D eigenvalue weighted by Gasteiger charge is -2.12. The van der Waals surface area contributed by atoms with Crippen molar-refractivity contribution < 1.29 is 9.84 Å². The van der Waals surface area contributed by atoms with Crippen molar-refractivity contribution in [2.24, 2.45) is 0 Å². The highest BCUT2D eigenvalue weighted by Crippen LogP contribution is 2.13. The average Bonchev–Trinajstić information content (AvgIpc) is 2.81.